The normalized spacial score (nSPS) is 21.8. The second kappa shape index (κ2) is 5.55. The van der Waals surface area contributed by atoms with Gasteiger partial charge in [0.05, 0.1) is 0 Å². The lowest BCUT2D eigenvalue weighted by molar-refractivity contribution is -0.166. The number of aliphatic hydroxyl groups excluding tert-OH is 1. The molecule has 1 aliphatic heterocycles. The van der Waals surface area contributed by atoms with E-state index in [0.717, 1.165) is 5.56 Å². The number of hydrogen-bond acceptors (Lipinski definition) is 3. The van der Waals surface area contributed by atoms with E-state index in [9.17, 15) is 15.0 Å². The van der Waals surface area contributed by atoms with Gasteiger partial charge in [-0.2, -0.15) is 0 Å². The summed E-state index contributed by atoms with van der Waals surface area (Å²) in [6, 6.07) is 16.4. The zero-order chi connectivity index (χ0) is 15.7. The number of nitrogens with zero attached hydrogens (tertiary/aromatic N) is 1. The van der Waals surface area contributed by atoms with Crippen molar-refractivity contribution in [2.24, 2.45) is 0 Å². The predicted molar refractivity (Wildman–Crippen MR) is 83.0 cm³/mol. The lowest BCUT2D eigenvalue weighted by Gasteiger charge is -2.37. The SMILES string of the molecule is CCC(O)C1(O)c2ccccc2C(=O)N1Cc1ccccc1. The summed E-state index contributed by atoms with van der Waals surface area (Å²) < 4.78 is 0. The largest absolute Gasteiger partial charge is 0.388 e. The van der Waals surface area contributed by atoms with Gasteiger partial charge < -0.3 is 10.2 Å². The number of fused-ring (bicyclic) bond motifs is 1. The molecule has 0 aliphatic carbocycles. The van der Waals surface area contributed by atoms with Crippen molar-refractivity contribution in [2.75, 3.05) is 0 Å². The maximum atomic E-state index is 12.7. The monoisotopic (exact) mass is 297 g/mol. The first-order valence-electron chi connectivity index (χ1n) is 7.44. The third kappa shape index (κ3) is 2.12. The van der Waals surface area contributed by atoms with Crippen LogP contribution in [0.15, 0.2) is 54.6 Å². The zero-order valence-corrected chi connectivity index (χ0v) is 12.4. The number of carbonyl (C=O) groups is 1. The van der Waals surface area contributed by atoms with Gasteiger partial charge in [0.2, 0.25) is 0 Å². The molecular weight excluding hydrogens is 278 g/mol. The van der Waals surface area contributed by atoms with Gasteiger partial charge in [-0.25, -0.2) is 0 Å². The van der Waals surface area contributed by atoms with Crippen LogP contribution < -0.4 is 0 Å². The first-order chi connectivity index (χ1) is 10.6. The quantitative estimate of drug-likeness (QED) is 0.910. The molecule has 2 aromatic carbocycles. The maximum absolute atomic E-state index is 12.7. The van der Waals surface area contributed by atoms with Gasteiger partial charge in [-0.1, -0.05) is 55.5 Å². The van der Waals surface area contributed by atoms with Crippen LogP contribution in [0.25, 0.3) is 0 Å². The Morgan fingerprint density at radius 2 is 1.73 bits per heavy atom. The van der Waals surface area contributed by atoms with Crippen LogP contribution in [0, 0.1) is 0 Å². The predicted octanol–water partition coefficient (Wildman–Crippen LogP) is 2.26. The highest BCUT2D eigenvalue weighted by atomic mass is 16.4. The van der Waals surface area contributed by atoms with E-state index in [2.05, 4.69) is 0 Å². The summed E-state index contributed by atoms with van der Waals surface area (Å²) in [5, 5.41) is 21.5. The van der Waals surface area contributed by atoms with E-state index in [4.69, 9.17) is 0 Å². The van der Waals surface area contributed by atoms with Crippen LogP contribution in [0.3, 0.4) is 0 Å². The maximum Gasteiger partial charge on any atom is 0.257 e. The Bertz CT molecular complexity index is 686. The van der Waals surface area contributed by atoms with Crippen molar-refractivity contribution in [3.05, 3.63) is 71.3 Å². The summed E-state index contributed by atoms with van der Waals surface area (Å²) in [6.45, 7) is 2.04. The van der Waals surface area contributed by atoms with Gasteiger partial charge in [0.15, 0.2) is 5.72 Å². The molecule has 0 spiro atoms. The lowest BCUT2D eigenvalue weighted by atomic mass is 9.94. The van der Waals surface area contributed by atoms with E-state index in [1.165, 1.54) is 4.90 Å². The topological polar surface area (TPSA) is 60.8 Å². The van der Waals surface area contributed by atoms with Crippen molar-refractivity contribution in [1.29, 1.82) is 0 Å². The van der Waals surface area contributed by atoms with Crippen LogP contribution in [0.4, 0.5) is 0 Å². The van der Waals surface area contributed by atoms with Crippen LogP contribution in [0.1, 0.15) is 34.8 Å². The second-order valence-corrected chi connectivity index (χ2v) is 5.57. The molecule has 22 heavy (non-hydrogen) atoms. The molecule has 1 aliphatic rings. The Hall–Kier alpha value is -2.17. The molecule has 0 aromatic heterocycles. The van der Waals surface area contributed by atoms with Gasteiger partial charge in [0.1, 0.15) is 6.10 Å². The highest BCUT2D eigenvalue weighted by Crippen LogP contribution is 2.41. The number of benzene rings is 2. The first kappa shape index (κ1) is 14.8. The van der Waals surface area contributed by atoms with Crippen LogP contribution in [0.5, 0.6) is 0 Å². The van der Waals surface area contributed by atoms with Gasteiger partial charge >= 0.3 is 0 Å². The van der Waals surface area contributed by atoms with Crippen molar-refractivity contribution in [3.63, 3.8) is 0 Å². The van der Waals surface area contributed by atoms with Crippen molar-refractivity contribution < 1.29 is 15.0 Å². The third-order valence-corrected chi connectivity index (χ3v) is 4.25. The van der Waals surface area contributed by atoms with Gasteiger partial charge in [-0.3, -0.25) is 9.69 Å². The van der Waals surface area contributed by atoms with E-state index in [1.54, 1.807) is 31.2 Å². The average Bonchev–Trinajstić information content (AvgIpc) is 2.78. The Balaban J connectivity index is 2.07. The van der Waals surface area contributed by atoms with Crippen molar-refractivity contribution in [1.82, 2.24) is 4.90 Å². The van der Waals surface area contributed by atoms with Gasteiger partial charge in [-0.15, -0.1) is 0 Å². The molecule has 2 atom stereocenters. The molecule has 0 fully saturated rings. The zero-order valence-electron chi connectivity index (χ0n) is 12.4. The van der Waals surface area contributed by atoms with Crippen molar-refractivity contribution in [2.45, 2.75) is 31.7 Å². The Morgan fingerprint density at radius 1 is 1.09 bits per heavy atom. The molecule has 0 bridgehead atoms. The fourth-order valence-corrected chi connectivity index (χ4v) is 3.04. The molecule has 114 valence electrons. The molecule has 0 saturated heterocycles. The number of rotatable bonds is 4. The molecule has 2 unspecified atom stereocenters. The summed E-state index contributed by atoms with van der Waals surface area (Å²) >= 11 is 0. The smallest absolute Gasteiger partial charge is 0.257 e. The van der Waals surface area contributed by atoms with Crippen molar-refractivity contribution >= 4 is 5.91 Å². The summed E-state index contributed by atoms with van der Waals surface area (Å²) in [4.78, 5) is 14.1. The summed E-state index contributed by atoms with van der Waals surface area (Å²) in [6.07, 6.45) is -0.688. The third-order valence-electron chi connectivity index (χ3n) is 4.25. The highest BCUT2D eigenvalue weighted by Gasteiger charge is 2.52. The Kier molecular flexibility index (Phi) is 3.72. The van der Waals surface area contributed by atoms with Gasteiger partial charge in [0, 0.05) is 17.7 Å². The second-order valence-electron chi connectivity index (χ2n) is 5.57. The molecule has 3 rings (SSSR count). The lowest BCUT2D eigenvalue weighted by Crippen LogP contribution is -2.51. The molecule has 4 heteroatoms. The molecule has 1 amide bonds. The number of amides is 1. The summed E-state index contributed by atoms with van der Waals surface area (Å²) in [7, 11) is 0. The Labute approximate surface area is 129 Å². The Morgan fingerprint density at radius 3 is 2.41 bits per heavy atom. The molecule has 1 heterocycles. The van der Waals surface area contributed by atoms with E-state index >= 15 is 0 Å². The van der Waals surface area contributed by atoms with Crippen LogP contribution >= 0.6 is 0 Å². The first-order valence-corrected chi connectivity index (χ1v) is 7.44. The van der Waals surface area contributed by atoms with E-state index in [-0.39, 0.29) is 12.5 Å². The molecule has 0 saturated carbocycles. The molecular formula is C18H19NO3. The standard InChI is InChI=1S/C18H19NO3/c1-2-16(20)18(22)15-11-7-6-10-14(15)17(21)19(18)12-13-8-4-3-5-9-13/h3-11,16,20,22H,2,12H2,1H3. The van der Waals surface area contributed by atoms with Crippen LogP contribution in [-0.4, -0.2) is 27.1 Å². The van der Waals surface area contributed by atoms with Gasteiger partial charge in [0.25, 0.3) is 5.91 Å². The minimum atomic E-state index is -1.68. The minimum absolute atomic E-state index is 0.252. The number of carbonyl (C=O) groups excluding carboxylic acids is 1. The fraction of sp³-hybridized carbons (Fsp3) is 0.278. The van der Waals surface area contributed by atoms with E-state index in [1.807, 2.05) is 30.3 Å². The number of hydrogen-bond donors (Lipinski definition) is 2. The molecule has 4 nitrogen and oxygen atoms in total. The van der Waals surface area contributed by atoms with Crippen LogP contribution in [-0.2, 0) is 12.3 Å². The molecule has 0 radical (unpaired) electrons. The average molecular weight is 297 g/mol. The molecule has 2 aromatic rings. The molecule has 2 N–H and O–H groups in total. The van der Waals surface area contributed by atoms with E-state index in [0.29, 0.717) is 17.5 Å². The summed E-state index contributed by atoms with van der Waals surface area (Å²) in [5.41, 5.74) is 0.155. The van der Waals surface area contributed by atoms with E-state index < -0.39 is 11.8 Å². The summed E-state index contributed by atoms with van der Waals surface area (Å²) in [5.74, 6) is -0.255. The minimum Gasteiger partial charge on any atom is -0.388 e. The number of aliphatic hydroxyl groups is 2. The van der Waals surface area contributed by atoms with Crippen molar-refractivity contribution in [3.8, 4) is 0 Å². The van der Waals surface area contributed by atoms with Crippen LogP contribution in [0.2, 0.25) is 0 Å². The van der Waals surface area contributed by atoms with Gasteiger partial charge in [-0.05, 0) is 18.1 Å². The fourth-order valence-electron chi connectivity index (χ4n) is 3.04. The highest BCUT2D eigenvalue weighted by molar-refractivity contribution is 5.99.